The Bertz CT molecular complexity index is 1230. The number of carbonyl (C=O) groups excluding carboxylic acids is 3. The van der Waals surface area contributed by atoms with Crippen LogP contribution in [0, 0.1) is 6.92 Å². The molecule has 2 N–H and O–H groups in total. The maximum atomic E-state index is 12.5. The number of hydrogen-bond donors (Lipinski definition) is 2. The summed E-state index contributed by atoms with van der Waals surface area (Å²) in [6, 6.07) is 18.6. The average Bonchev–Trinajstić information content (AvgIpc) is 2.84. The number of benzene rings is 3. The molecule has 0 aliphatic heterocycles. The molecule has 0 fully saturated rings. The van der Waals surface area contributed by atoms with Gasteiger partial charge in [-0.2, -0.15) is 5.10 Å². The Morgan fingerprint density at radius 2 is 1.76 bits per heavy atom. The van der Waals surface area contributed by atoms with Crippen molar-refractivity contribution in [3.8, 4) is 11.5 Å². The Labute approximate surface area is 205 Å². The molecule has 8 nitrogen and oxygen atoms in total. The number of carbonyl (C=O) groups is 3. The van der Waals surface area contributed by atoms with E-state index in [9.17, 15) is 14.4 Å². The average molecular weight is 524 g/mol. The lowest BCUT2D eigenvalue weighted by molar-refractivity contribution is -0.120. The van der Waals surface area contributed by atoms with Crippen LogP contribution in [0.1, 0.15) is 31.8 Å². The van der Waals surface area contributed by atoms with Gasteiger partial charge in [-0.25, -0.2) is 10.2 Å². The summed E-state index contributed by atoms with van der Waals surface area (Å²) in [6.45, 7) is 1.62. The van der Waals surface area contributed by atoms with Gasteiger partial charge in [0.25, 0.3) is 11.8 Å². The predicted octanol–water partition coefficient (Wildman–Crippen LogP) is 3.87. The molecule has 0 aliphatic rings. The van der Waals surface area contributed by atoms with E-state index in [2.05, 4.69) is 31.8 Å². The Kier molecular flexibility index (Phi) is 8.53. The lowest BCUT2D eigenvalue weighted by Gasteiger charge is -2.09. The summed E-state index contributed by atoms with van der Waals surface area (Å²) in [5, 5.41) is 6.42. The minimum absolute atomic E-state index is 0.268. The number of nitrogens with one attached hydrogen (secondary N) is 2. The van der Waals surface area contributed by atoms with Gasteiger partial charge in [-0.15, -0.1) is 0 Å². The highest BCUT2D eigenvalue weighted by molar-refractivity contribution is 9.10. The van der Waals surface area contributed by atoms with Gasteiger partial charge < -0.3 is 14.8 Å². The van der Waals surface area contributed by atoms with Crippen LogP contribution < -0.4 is 20.2 Å². The van der Waals surface area contributed by atoms with Gasteiger partial charge in [0.2, 0.25) is 0 Å². The third-order valence-corrected chi connectivity index (χ3v) is 5.08. The van der Waals surface area contributed by atoms with Gasteiger partial charge in [-0.3, -0.25) is 9.59 Å². The molecule has 0 radical (unpaired) electrons. The zero-order chi connectivity index (χ0) is 24.5. The molecule has 0 atom stereocenters. The van der Waals surface area contributed by atoms with Crippen molar-refractivity contribution in [2.45, 2.75) is 6.92 Å². The van der Waals surface area contributed by atoms with Crippen LogP contribution in [0.4, 0.5) is 0 Å². The van der Waals surface area contributed by atoms with Crippen molar-refractivity contribution < 1.29 is 23.9 Å². The fraction of sp³-hybridized carbons (Fsp3) is 0.120. The fourth-order valence-corrected chi connectivity index (χ4v) is 3.24. The highest BCUT2D eigenvalue weighted by Gasteiger charge is 2.12. The zero-order valence-electron chi connectivity index (χ0n) is 18.5. The van der Waals surface area contributed by atoms with Crippen LogP contribution in [0.25, 0.3) is 0 Å². The van der Waals surface area contributed by atoms with Crippen LogP contribution in [0.2, 0.25) is 0 Å². The summed E-state index contributed by atoms with van der Waals surface area (Å²) >= 11 is 3.36. The highest BCUT2D eigenvalue weighted by Crippen LogP contribution is 2.23. The third-order valence-electron chi connectivity index (χ3n) is 4.58. The van der Waals surface area contributed by atoms with Crippen molar-refractivity contribution in [1.82, 2.24) is 10.7 Å². The number of ether oxygens (including phenoxy) is 2. The van der Waals surface area contributed by atoms with Gasteiger partial charge in [0.1, 0.15) is 11.5 Å². The molecule has 3 rings (SSSR count). The lowest BCUT2D eigenvalue weighted by Crippen LogP contribution is -2.34. The van der Waals surface area contributed by atoms with Crippen LogP contribution in [-0.4, -0.2) is 37.7 Å². The van der Waals surface area contributed by atoms with Gasteiger partial charge in [-0.1, -0.05) is 33.6 Å². The number of rotatable bonds is 8. The smallest absolute Gasteiger partial charge is 0.343 e. The Morgan fingerprint density at radius 3 is 2.47 bits per heavy atom. The second-order valence-corrected chi connectivity index (χ2v) is 8.06. The van der Waals surface area contributed by atoms with Crippen LogP contribution >= 0.6 is 15.9 Å². The Balaban J connectivity index is 1.58. The van der Waals surface area contributed by atoms with Crippen LogP contribution in [0.15, 0.2) is 76.3 Å². The first kappa shape index (κ1) is 24.7. The summed E-state index contributed by atoms with van der Waals surface area (Å²) in [5.74, 6) is -0.530. The molecular weight excluding hydrogens is 502 g/mol. The predicted molar refractivity (Wildman–Crippen MR) is 131 cm³/mol. The van der Waals surface area contributed by atoms with Gasteiger partial charge in [0, 0.05) is 15.6 Å². The van der Waals surface area contributed by atoms with E-state index in [4.69, 9.17) is 9.47 Å². The first-order chi connectivity index (χ1) is 16.4. The van der Waals surface area contributed by atoms with E-state index in [1.165, 1.54) is 13.3 Å². The number of hydrogen-bond acceptors (Lipinski definition) is 6. The Morgan fingerprint density at radius 1 is 1.00 bits per heavy atom. The molecule has 9 heteroatoms. The topological polar surface area (TPSA) is 106 Å². The molecule has 0 bridgehead atoms. The van der Waals surface area contributed by atoms with E-state index >= 15 is 0 Å². The number of aryl methyl sites for hydroxylation is 1. The number of methoxy groups -OCH3 is 1. The Hall–Kier alpha value is -3.98. The molecule has 0 aromatic heterocycles. The third kappa shape index (κ3) is 7.01. The summed E-state index contributed by atoms with van der Waals surface area (Å²) in [7, 11) is 1.53. The summed E-state index contributed by atoms with van der Waals surface area (Å²) in [4.78, 5) is 36.7. The monoisotopic (exact) mass is 523 g/mol. The van der Waals surface area contributed by atoms with Crippen LogP contribution in [-0.2, 0) is 4.79 Å². The molecule has 0 heterocycles. The highest BCUT2D eigenvalue weighted by atomic mass is 79.9. The van der Waals surface area contributed by atoms with Gasteiger partial charge in [0.15, 0.2) is 0 Å². The SMILES string of the molecule is COc1ccc(C(=O)NCC(=O)N/N=C/c2cc(Br)ccc2OC(=O)c2cccc(C)c2)cc1. The largest absolute Gasteiger partial charge is 0.497 e. The van der Waals surface area contributed by atoms with E-state index in [1.807, 2.05) is 13.0 Å². The van der Waals surface area contributed by atoms with Crippen LogP contribution in [0.3, 0.4) is 0 Å². The lowest BCUT2D eigenvalue weighted by atomic mass is 10.1. The van der Waals surface area contributed by atoms with Crippen molar-refractivity contribution >= 4 is 39.9 Å². The summed E-state index contributed by atoms with van der Waals surface area (Å²) in [5.41, 5.74) is 4.56. The zero-order valence-corrected chi connectivity index (χ0v) is 20.1. The minimum atomic E-state index is -0.522. The molecule has 0 saturated carbocycles. The first-order valence-electron chi connectivity index (χ1n) is 10.2. The minimum Gasteiger partial charge on any atom is -0.497 e. The van der Waals surface area contributed by atoms with Crippen molar-refractivity contribution in [3.05, 3.63) is 93.5 Å². The number of amides is 2. The van der Waals surface area contributed by atoms with Crippen molar-refractivity contribution in [1.29, 1.82) is 0 Å². The molecule has 0 spiro atoms. The maximum Gasteiger partial charge on any atom is 0.343 e. The molecule has 3 aromatic rings. The van der Waals surface area contributed by atoms with E-state index in [-0.39, 0.29) is 12.3 Å². The second kappa shape index (κ2) is 11.8. The van der Waals surface area contributed by atoms with E-state index in [1.54, 1.807) is 60.7 Å². The molecule has 3 aromatic carbocycles. The molecule has 34 heavy (non-hydrogen) atoms. The van der Waals surface area contributed by atoms with E-state index in [0.29, 0.717) is 22.4 Å². The van der Waals surface area contributed by atoms with E-state index in [0.717, 1.165) is 10.0 Å². The normalized spacial score (nSPS) is 10.6. The first-order valence-corrected chi connectivity index (χ1v) is 11.0. The number of esters is 1. The number of halogens is 1. The number of nitrogens with zero attached hydrogens (tertiary/aromatic N) is 1. The second-order valence-electron chi connectivity index (χ2n) is 7.15. The molecule has 0 saturated heterocycles. The molecule has 0 aliphatic carbocycles. The fourth-order valence-electron chi connectivity index (χ4n) is 2.86. The quantitative estimate of drug-likeness (QED) is 0.202. The van der Waals surface area contributed by atoms with Gasteiger partial charge in [-0.05, 0) is 61.5 Å². The molecule has 174 valence electrons. The molecular formula is C25H22BrN3O5. The number of hydrazone groups is 1. The van der Waals surface area contributed by atoms with Crippen molar-refractivity contribution in [2.75, 3.05) is 13.7 Å². The van der Waals surface area contributed by atoms with E-state index < -0.39 is 17.8 Å². The summed E-state index contributed by atoms with van der Waals surface area (Å²) in [6.07, 6.45) is 1.35. The maximum absolute atomic E-state index is 12.5. The van der Waals surface area contributed by atoms with Crippen LogP contribution in [0.5, 0.6) is 11.5 Å². The van der Waals surface area contributed by atoms with Gasteiger partial charge >= 0.3 is 5.97 Å². The van der Waals surface area contributed by atoms with Gasteiger partial charge in [0.05, 0.1) is 25.4 Å². The van der Waals surface area contributed by atoms with Crippen molar-refractivity contribution in [3.63, 3.8) is 0 Å². The molecule has 0 unspecified atom stereocenters. The standard InChI is InChI=1S/C25H22BrN3O5/c1-16-4-3-5-18(12-16)25(32)34-22-11-8-20(26)13-19(22)14-28-29-23(30)15-27-24(31)17-6-9-21(33-2)10-7-17/h3-14H,15H2,1-2H3,(H,27,31)(H,29,30)/b28-14+. The van der Waals surface area contributed by atoms with Crippen molar-refractivity contribution in [2.24, 2.45) is 5.10 Å². The summed E-state index contributed by atoms with van der Waals surface area (Å²) < 4.78 is 11.3. The molecule has 2 amide bonds.